The van der Waals surface area contributed by atoms with Gasteiger partial charge in [0.1, 0.15) is 0 Å². The molecule has 0 amide bonds. The van der Waals surface area contributed by atoms with Crippen molar-refractivity contribution in [3.05, 3.63) is 0 Å². The van der Waals surface area contributed by atoms with Gasteiger partial charge in [-0.2, -0.15) is 0 Å². The molecule has 1 N–H and O–H groups in total. The van der Waals surface area contributed by atoms with E-state index in [-0.39, 0.29) is 5.60 Å². The first-order valence-electron chi connectivity index (χ1n) is 5.68. The summed E-state index contributed by atoms with van der Waals surface area (Å²) in [5.74, 6) is 0.717. The molecule has 0 aliphatic carbocycles. The molecule has 2 atom stereocenters. The number of ether oxygens (including phenoxy) is 2. The molecule has 0 aromatic rings. The van der Waals surface area contributed by atoms with Crippen LogP contribution in [0, 0.1) is 5.92 Å². The lowest BCUT2D eigenvalue weighted by Crippen LogP contribution is -2.45. The third-order valence-corrected chi connectivity index (χ3v) is 3.45. The highest BCUT2D eigenvalue weighted by Crippen LogP contribution is 2.36. The lowest BCUT2D eigenvalue weighted by atomic mass is 9.86. The molecule has 82 valence electrons. The van der Waals surface area contributed by atoms with Gasteiger partial charge in [-0.1, -0.05) is 0 Å². The van der Waals surface area contributed by atoms with Gasteiger partial charge in [0.2, 0.25) is 0 Å². The van der Waals surface area contributed by atoms with E-state index >= 15 is 0 Å². The van der Waals surface area contributed by atoms with Crippen molar-refractivity contribution in [2.45, 2.75) is 31.3 Å². The molecular formula is C11H21NO2. The number of rotatable bonds is 3. The van der Waals surface area contributed by atoms with E-state index in [1.165, 1.54) is 19.3 Å². The van der Waals surface area contributed by atoms with E-state index in [0.29, 0.717) is 0 Å². The van der Waals surface area contributed by atoms with Crippen molar-refractivity contribution in [3.8, 4) is 0 Å². The van der Waals surface area contributed by atoms with E-state index in [2.05, 4.69) is 5.32 Å². The first-order valence-corrected chi connectivity index (χ1v) is 5.68. The molecule has 0 saturated carbocycles. The SMILES string of the molecule is COCC[C@@H]1CO[C@]2(CCCNC2)C1. The van der Waals surface area contributed by atoms with Crippen LogP contribution in [0.2, 0.25) is 0 Å². The Morgan fingerprint density at radius 1 is 1.57 bits per heavy atom. The molecule has 2 saturated heterocycles. The Bertz CT molecular complexity index is 178. The maximum Gasteiger partial charge on any atom is 0.0810 e. The van der Waals surface area contributed by atoms with Crippen LogP contribution in [0.5, 0.6) is 0 Å². The minimum Gasteiger partial charge on any atom is -0.385 e. The van der Waals surface area contributed by atoms with Crippen molar-refractivity contribution in [2.75, 3.05) is 33.4 Å². The molecule has 2 aliphatic heterocycles. The fourth-order valence-corrected chi connectivity index (χ4v) is 2.65. The Kier molecular flexibility index (Phi) is 3.42. The highest BCUT2D eigenvalue weighted by Gasteiger charge is 2.40. The second kappa shape index (κ2) is 4.60. The lowest BCUT2D eigenvalue weighted by molar-refractivity contribution is -0.0145. The number of hydrogen-bond acceptors (Lipinski definition) is 3. The van der Waals surface area contributed by atoms with Gasteiger partial charge in [-0.3, -0.25) is 0 Å². The van der Waals surface area contributed by atoms with Gasteiger partial charge >= 0.3 is 0 Å². The van der Waals surface area contributed by atoms with Crippen LogP contribution in [0.4, 0.5) is 0 Å². The summed E-state index contributed by atoms with van der Waals surface area (Å²) in [6.45, 7) is 4.02. The zero-order chi connectivity index (χ0) is 9.86. The Morgan fingerprint density at radius 2 is 2.50 bits per heavy atom. The predicted octanol–water partition coefficient (Wildman–Crippen LogP) is 1.18. The second-order valence-corrected chi connectivity index (χ2v) is 4.63. The minimum atomic E-state index is 0.177. The maximum atomic E-state index is 5.97. The summed E-state index contributed by atoms with van der Waals surface area (Å²) in [5.41, 5.74) is 0.177. The van der Waals surface area contributed by atoms with Crippen LogP contribution in [0.3, 0.4) is 0 Å². The molecule has 0 unspecified atom stereocenters. The van der Waals surface area contributed by atoms with Crippen molar-refractivity contribution in [1.29, 1.82) is 0 Å². The molecule has 1 spiro atoms. The Morgan fingerprint density at radius 3 is 3.21 bits per heavy atom. The number of methoxy groups -OCH3 is 1. The van der Waals surface area contributed by atoms with Gasteiger partial charge in [0.15, 0.2) is 0 Å². The van der Waals surface area contributed by atoms with Crippen molar-refractivity contribution in [1.82, 2.24) is 5.32 Å². The first-order chi connectivity index (χ1) is 6.85. The summed E-state index contributed by atoms with van der Waals surface area (Å²) in [7, 11) is 1.77. The molecule has 0 radical (unpaired) electrons. The number of hydrogen-bond donors (Lipinski definition) is 1. The van der Waals surface area contributed by atoms with Gasteiger partial charge in [0, 0.05) is 20.3 Å². The molecule has 0 bridgehead atoms. The van der Waals surface area contributed by atoms with Crippen molar-refractivity contribution in [2.24, 2.45) is 5.92 Å². The first kappa shape index (κ1) is 10.4. The van der Waals surface area contributed by atoms with Crippen LogP contribution in [0.1, 0.15) is 25.7 Å². The lowest BCUT2D eigenvalue weighted by Gasteiger charge is -2.33. The summed E-state index contributed by atoms with van der Waals surface area (Å²) < 4.78 is 11.1. The van der Waals surface area contributed by atoms with E-state index in [9.17, 15) is 0 Å². The van der Waals surface area contributed by atoms with Crippen LogP contribution in [-0.4, -0.2) is 39.0 Å². The monoisotopic (exact) mass is 199 g/mol. The second-order valence-electron chi connectivity index (χ2n) is 4.63. The average molecular weight is 199 g/mol. The Labute approximate surface area is 86.2 Å². The third-order valence-electron chi connectivity index (χ3n) is 3.45. The fraction of sp³-hybridized carbons (Fsp3) is 1.00. The van der Waals surface area contributed by atoms with E-state index in [4.69, 9.17) is 9.47 Å². The molecule has 14 heavy (non-hydrogen) atoms. The van der Waals surface area contributed by atoms with E-state index in [0.717, 1.165) is 38.6 Å². The third kappa shape index (κ3) is 2.27. The Hall–Kier alpha value is -0.120. The zero-order valence-electron chi connectivity index (χ0n) is 9.05. The van der Waals surface area contributed by atoms with Gasteiger partial charge in [0.05, 0.1) is 12.2 Å². The number of nitrogens with one attached hydrogen (secondary N) is 1. The van der Waals surface area contributed by atoms with Gasteiger partial charge in [-0.15, -0.1) is 0 Å². The normalized spacial score (nSPS) is 37.9. The maximum absolute atomic E-state index is 5.97. The van der Waals surface area contributed by atoms with Crippen LogP contribution in [-0.2, 0) is 9.47 Å². The summed E-state index contributed by atoms with van der Waals surface area (Å²) >= 11 is 0. The average Bonchev–Trinajstić information content (AvgIpc) is 2.60. The van der Waals surface area contributed by atoms with Gasteiger partial charge < -0.3 is 14.8 Å². The van der Waals surface area contributed by atoms with Crippen molar-refractivity contribution < 1.29 is 9.47 Å². The zero-order valence-corrected chi connectivity index (χ0v) is 9.05. The van der Waals surface area contributed by atoms with Crippen molar-refractivity contribution >= 4 is 0 Å². The quantitative estimate of drug-likeness (QED) is 0.740. The van der Waals surface area contributed by atoms with Crippen LogP contribution in [0.15, 0.2) is 0 Å². The van der Waals surface area contributed by atoms with E-state index < -0.39 is 0 Å². The molecule has 2 heterocycles. The summed E-state index contributed by atoms with van der Waals surface area (Å²) in [6.07, 6.45) is 4.88. The van der Waals surface area contributed by atoms with Gasteiger partial charge in [0.25, 0.3) is 0 Å². The summed E-state index contributed by atoms with van der Waals surface area (Å²) in [4.78, 5) is 0. The topological polar surface area (TPSA) is 30.5 Å². The summed E-state index contributed by atoms with van der Waals surface area (Å²) in [5, 5.41) is 3.44. The van der Waals surface area contributed by atoms with Crippen LogP contribution in [0.25, 0.3) is 0 Å². The molecule has 0 aromatic heterocycles. The van der Waals surface area contributed by atoms with Crippen LogP contribution >= 0.6 is 0 Å². The fourth-order valence-electron chi connectivity index (χ4n) is 2.65. The molecular weight excluding hydrogens is 178 g/mol. The molecule has 2 aliphatic rings. The van der Waals surface area contributed by atoms with E-state index in [1.807, 2.05) is 0 Å². The minimum absolute atomic E-state index is 0.177. The molecule has 3 nitrogen and oxygen atoms in total. The molecule has 2 rings (SSSR count). The Balaban J connectivity index is 1.80. The van der Waals surface area contributed by atoms with E-state index in [1.54, 1.807) is 7.11 Å². The van der Waals surface area contributed by atoms with Crippen LogP contribution < -0.4 is 5.32 Å². The molecule has 3 heteroatoms. The molecule has 2 fully saturated rings. The molecule has 0 aromatic carbocycles. The number of piperidine rings is 1. The van der Waals surface area contributed by atoms with Gasteiger partial charge in [-0.25, -0.2) is 0 Å². The highest BCUT2D eigenvalue weighted by molar-refractivity contribution is 4.93. The largest absolute Gasteiger partial charge is 0.385 e. The smallest absolute Gasteiger partial charge is 0.0810 e. The highest BCUT2D eigenvalue weighted by atomic mass is 16.5. The standard InChI is InChI=1S/C11H21NO2/c1-13-6-3-10-7-11(14-8-10)4-2-5-12-9-11/h10,12H,2-9H2,1H3/t10-,11+/m0/s1. The summed E-state index contributed by atoms with van der Waals surface area (Å²) in [6, 6.07) is 0. The van der Waals surface area contributed by atoms with Crippen molar-refractivity contribution in [3.63, 3.8) is 0 Å². The van der Waals surface area contributed by atoms with Gasteiger partial charge in [-0.05, 0) is 38.1 Å². The predicted molar refractivity (Wildman–Crippen MR) is 55.4 cm³/mol.